The Bertz CT molecular complexity index is 586. The van der Waals surface area contributed by atoms with Crippen LogP contribution in [0.1, 0.15) is 31.1 Å². The molecule has 0 bridgehead atoms. The number of rotatable bonds is 2. The number of para-hydroxylation sites is 1. The number of nitro benzene ring substituents is 1. The summed E-state index contributed by atoms with van der Waals surface area (Å²) in [7, 11) is 0. The zero-order valence-electron chi connectivity index (χ0n) is 12.3. The lowest BCUT2D eigenvalue weighted by Crippen LogP contribution is -2.53. The number of nitrogens with two attached hydrogens (primary N) is 1. The maximum Gasteiger partial charge on any atom is 0.292 e. The average Bonchev–Trinajstić information content (AvgIpc) is 2.35. The van der Waals surface area contributed by atoms with Crippen LogP contribution >= 0.6 is 0 Å². The minimum Gasteiger partial charge on any atom is -0.393 e. The van der Waals surface area contributed by atoms with Gasteiger partial charge in [-0.05, 0) is 26.8 Å². The molecule has 0 radical (unpaired) electrons. The lowest BCUT2D eigenvalue weighted by Gasteiger charge is -2.41. The van der Waals surface area contributed by atoms with Crippen molar-refractivity contribution in [1.82, 2.24) is 4.90 Å². The number of benzene rings is 1. The van der Waals surface area contributed by atoms with Crippen LogP contribution in [0.25, 0.3) is 0 Å². The van der Waals surface area contributed by atoms with Crippen LogP contribution in [0.3, 0.4) is 0 Å². The SMILES string of the molecule is CC1CN(C(=O)c2cccc([N+](=O)[O-])c2N)CC(C)(C)O1. The lowest BCUT2D eigenvalue weighted by molar-refractivity contribution is -0.383. The van der Waals surface area contributed by atoms with E-state index in [1.165, 1.54) is 18.2 Å². The first-order valence-electron chi connectivity index (χ1n) is 6.71. The van der Waals surface area contributed by atoms with Gasteiger partial charge in [0.15, 0.2) is 0 Å². The van der Waals surface area contributed by atoms with Crippen molar-refractivity contribution >= 4 is 17.3 Å². The van der Waals surface area contributed by atoms with E-state index in [9.17, 15) is 14.9 Å². The molecule has 1 heterocycles. The second-order valence-electron chi connectivity index (χ2n) is 5.87. The highest BCUT2D eigenvalue weighted by Gasteiger charge is 2.35. The van der Waals surface area contributed by atoms with Crippen molar-refractivity contribution in [3.8, 4) is 0 Å². The van der Waals surface area contributed by atoms with Crippen LogP contribution in [0.15, 0.2) is 18.2 Å². The standard InChI is InChI=1S/C14H19N3O4/c1-9-7-16(8-14(2,3)21-9)13(18)10-5-4-6-11(12(10)15)17(19)20/h4-6,9H,7-8,15H2,1-3H3. The zero-order chi connectivity index (χ0) is 15.8. The number of carbonyl (C=O) groups excluding carboxylic acids is 1. The van der Waals surface area contributed by atoms with E-state index in [1.54, 1.807) is 4.90 Å². The lowest BCUT2D eigenvalue weighted by atomic mass is 10.0. The van der Waals surface area contributed by atoms with Gasteiger partial charge in [0.2, 0.25) is 0 Å². The van der Waals surface area contributed by atoms with Crippen LogP contribution in [0.5, 0.6) is 0 Å². The van der Waals surface area contributed by atoms with Gasteiger partial charge in [-0.3, -0.25) is 14.9 Å². The minimum atomic E-state index is -0.585. The number of amides is 1. The number of nitrogens with zero attached hydrogens (tertiary/aromatic N) is 2. The molecule has 1 fully saturated rings. The molecule has 0 spiro atoms. The number of morpholine rings is 1. The Labute approximate surface area is 122 Å². The van der Waals surface area contributed by atoms with Crippen LogP contribution < -0.4 is 5.73 Å². The predicted molar refractivity (Wildman–Crippen MR) is 78.0 cm³/mol. The minimum absolute atomic E-state index is 0.0931. The predicted octanol–water partition coefficient (Wildman–Crippen LogP) is 1.82. The molecule has 1 aromatic carbocycles. The first-order chi connectivity index (χ1) is 9.71. The van der Waals surface area contributed by atoms with Gasteiger partial charge in [0, 0.05) is 19.2 Å². The molecule has 7 heteroatoms. The van der Waals surface area contributed by atoms with Crippen LogP contribution in [0.4, 0.5) is 11.4 Å². The number of nitrogen functional groups attached to an aromatic ring is 1. The van der Waals surface area contributed by atoms with E-state index in [0.29, 0.717) is 13.1 Å². The van der Waals surface area contributed by atoms with Gasteiger partial charge in [-0.15, -0.1) is 0 Å². The molecule has 1 aliphatic heterocycles. The Hall–Kier alpha value is -2.15. The molecule has 0 aliphatic carbocycles. The number of hydrogen-bond donors (Lipinski definition) is 1. The van der Waals surface area contributed by atoms with Gasteiger partial charge in [-0.25, -0.2) is 0 Å². The summed E-state index contributed by atoms with van der Waals surface area (Å²) >= 11 is 0. The Balaban J connectivity index is 2.32. The molecule has 0 saturated carbocycles. The third kappa shape index (κ3) is 3.13. The monoisotopic (exact) mass is 293 g/mol. The quantitative estimate of drug-likeness (QED) is 0.509. The fourth-order valence-electron chi connectivity index (χ4n) is 2.68. The van der Waals surface area contributed by atoms with Gasteiger partial charge in [-0.2, -0.15) is 0 Å². The molecule has 1 atom stereocenters. The molecule has 2 rings (SSSR count). The van der Waals surface area contributed by atoms with E-state index < -0.39 is 10.5 Å². The van der Waals surface area contributed by atoms with E-state index in [0.717, 1.165) is 0 Å². The van der Waals surface area contributed by atoms with E-state index in [4.69, 9.17) is 10.5 Å². The number of carbonyl (C=O) groups is 1. The fraction of sp³-hybridized carbons (Fsp3) is 0.500. The highest BCUT2D eigenvalue weighted by molar-refractivity contribution is 6.01. The number of ether oxygens (including phenoxy) is 1. The summed E-state index contributed by atoms with van der Waals surface area (Å²) in [5.41, 5.74) is 5.14. The third-order valence-corrected chi connectivity index (χ3v) is 3.37. The highest BCUT2D eigenvalue weighted by Crippen LogP contribution is 2.28. The van der Waals surface area contributed by atoms with Crippen molar-refractivity contribution in [2.75, 3.05) is 18.8 Å². The number of anilines is 1. The zero-order valence-corrected chi connectivity index (χ0v) is 12.3. The van der Waals surface area contributed by atoms with Crippen molar-refractivity contribution in [3.63, 3.8) is 0 Å². The normalized spacial score (nSPS) is 21.1. The number of hydrogen-bond acceptors (Lipinski definition) is 5. The summed E-state index contributed by atoms with van der Waals surface area (Å²) < 4.78 is 5.75. The summed E-state index contributed by atoms with van der Waals surface area (Å²) in [6.07, 6.45) is -0.0994. The van der Waals surface area contributed by atoms with E-state index in [-0.39, 0.29) is 28.9 Å². The molecule has 1 unspecified atom stereocenters. The van der Waals surface area contributed by atoms with E-state index >= 15 is 0 Å². The maximum absolute atomic E-state index is 12.6. The van der Waals surface area contributed by atoms with Gasteiger partial charge in [0.25, 0.3) is 11.6 Å². The Morgan fingerprint density at radius 2 is 2.19 bits per heavy atom. The Kier molecular flexibility index (Phi) is 3.87. The molecule has 2 N–H and O–H groups in total. The number of nitro groups is 1. The molecular formula is C14H19N3O4. The molecule has 1 amide bonds. The van der Waals surface area contributed by atoms with Crippen LogP contribution in [-0.2, 0) is 4.74 Å². The third-order valence-electron chi connectivity index (χ3n) is 3.37. The molecule has 114 valence electrons. The second-order valence-corrected chi connectivity index (χ2v) is 5.87. The van der Waals surface area contributed by atoms with Crippen molar-refractivity contribution in [2.24, 2.45) is 0 Å². The molecule has 0 aromatic heterocycles. The largest absolute Gasteiger partial charge is 0.393 e. The topological polar surface area (TPSA) is 98.7 Å². The average molecular weight is 293 g/mol. The smallest absolute Gasteiger partial charge is 0.292 e. The molecule has 1 aliphatic rings. The summed E-state index contributed by atoms with van der Waals surface area (Å²) in [5, 5.41) is 10.9. The molecule has 7 nitrogen and oxygen atoms in total. The van der Waals surface area contributed by atoms with E-state index in [1.807, 2.05) is 20.8 Å². The summed E-state index contributed by atoms with van der Waals surface area (Å²) in [6.45, 7) is 6.54. The molecule has 21 heavy (non-hydrogen) atoms. The Morgan fingerprint density at radius 1 is 1.52 bits per heavy atom. The maximum atomic E-state index is 12.6. The summed E-state index contributed by atoms with van der Waals surface area (Å²) in [6, 6.07) is 4.27. The fourth-order valence-corrected chi connectivity index (χ4v) is 2.68. The van der Waals surface area contributed by atoms with Gasteiger partial charge < -0.3 is 15.4 Å². The molecule has 1 saturated heterocycles. The van der Waals surface area contributed by atoms with Crippen LogP contribution in [-0.4, -0.2) is 40.5 Å². The van der Waals surface area contributed by atoms with E-state index in [2.05, 4.69) is 0 Å². The first kappa shape index (κ1) is 15.2. The highest BCUT2D eigenvalue weighted by atomic mass is 16.6. The van der Waals surface area contributed by atoms with Crippen molar-refractivity contribution in [1.29, 1.82) is 0 Å². The van der Waals surface area contributed by atoms with Crippen molar-refractivity contribution in [2.45, 2.75) is 32.5 Å². The molecule has 1 aromatic rings. The van der Waals surface area contributed by atoms with Crippen LogP contribution in [0.2, 0.25) is 0 Å². The summed E-state index contributed by atoms with van der Waals surface area (Å²) in [5.74, 6) is -0.306. The Morgan fingerprint density at radius 3 is 2.76 bits per heavy atom. The summed E-state index contributed by atoms with van der Waals surface area (Å²) in [4.78, 5) is 24.5. The van der Waals surface area contributed by atoms with Crippen molar-refractivity contribution in [3.05, 3.63) is 33.9 Å². The van der Waals surface area contributed by atoms with Gasteiger partial charge in [-0.1, -0.05) is 6.07 Å². The van der Waals surface area contributed by atoms with Crippen molar-refractivity contribution < 1.29 is 14.5 Å². The van der Waals surface area contributed by atoms with Gasteiger partial charge in [0.1, 0.15) is 5.69 Å². The van der Waals surface area contributed by atoms with Crippen LogP contribution in [0, 0.1) is 10.1 Å². The second kappa shape index (κ2) is 5.33. The first-order valence-corrected chi connectivity index (χ1v) is 6.71. The van der Waals surface area contributed by atoms with Gasteiger partial charge in [0.05, 0.1) is 22.2 Å². The molecular weight excluding hydrogens is 274 g/mol. The van der Waals surface area contributed by atoms with Gasteiger partial charge >= 0.3 is 0 Å².